The molecule has 2 aromatic rings. The minimum absolute atomic E-state index is 0.0232. The highest BCUT2D eigenvalue weighted by molar-refractivity contribution is 5.98. The molecule has 34 heavy (non-hydrogen) atoms. The van der Waals surface area contributed by atoms with Gasteiger partial charge in [-0.1, -0.05) is 18.2 Å². The molecule has 0 spiro atoms. The summed E-state index contributed by atoms with van der Waals surface area (Å²) in [4.78, 5) is 39.5. The van der Waals surface area contributed by atoms with Crippen molar-refractivity contribution in [2.24, 2.45) is 0 Å². The summed E-state index contributed by atoms with van der Waals surface area (Å²) < 4.78 is 0. The van der Waals surface area contributed by atoms with Crippen LogP contribution in [0.15, 0.2) is 30.5 Å². The van der Waals surface area contributed by atoms with E-state index in [9.17, 15) is 14.4 Å². The lowest BCUT2D eigenvalue weighted by Gasteiger charge is -2.40. The molecule has 4 rings (SSSR count). The Bertz CT molecular complexity index is 1090. The van der Waals surface area contributed by atoms with Gasteiger partial charge < -0.3 is 30.5 Å². The molecule has 1 unspecified atom stereocenters. The molecule has 2 heterocycles. The van der Waals surface area contributed by atoms with Crippen molar-refractivity contribution in [1.29, 1.82) is 0 Å². The van der Waals surface area contributed by atoms with E-state index in [-0.39, 0.29) is 12.1 Å². The molecular weight excluding hydrogens is 440 g/mol. The number of hydrogen-bond donors (Lipinski definition) is 5. The van der Waals surface area contributed by atoms with Gasteiger partial charge in [-0.25, -0.2) is 9.59 Å². The standard InChI is InChI=1S/C20H26N4O.C4H6O5/c1-4-24(5-2)20(25)22-14-10-16-15-7-6-8-17-19(15)13(11-21-17)9-18(16)23(3)12-14;5-2(4(8)9)1-3(6)7/h6-8,10-11,14,18,21H,4-5,9,12H2,1-3H3,(H,22,25);2,5H,1H2,(H,6,7)(H,8,9)/t14-,18+;/m0./s1. The molecule has 0 bridgehead atoms. The Labute approximate surface area is 197 Å². The summed E-state index contributed by atoms with van der Waals surface area (Å²) in [5, 5.41) is 28.7. The Hall–Kier alpha value is -3.37. The van der Waals surface area contributed by atoms with Crippen molar-refractivity contribution < 1.29 is 29.7 Å². The number of likely N-dealkylation sites (N-methyl/N-ethyl adjacent to an activating group) is 1. The molecule has 184 valence electrons. The van der Waals surface area contributed by atoms with Gasteiger partial charge in [0.15, 0.2) is 6.10 Å². The van der Waals surface area contributed by atoms with Crippen molar-refractivity contribution in [3.63, 3.8) is 0 Å². The number of nitrogens with one attached hydrogen (secondary N) is 2. The molecule has 1 aliphatic heterocycles. The van der Waals surface area contributed by atoms with Crippen LogP contribution in [-0.4, -0.2) is 92.9 Å². The van der Waals surface area contributed by atoms with Gasteiger partial charge in [-0.3, -0.25) is 9.69 Å². The third-order valence-corrected chi connectivity index (χ3v) is 6.28. The summed E-state index contributed by atoms with van der Waals surface area (Å²) >= 11 is 0. The van der Waals surface area contributed by atoms with Crippen LogP contribution in [0.5, 0.6) is 0 Å². The summed E-state index contributed by atoms with van der Waals surface area (Å²) in [7, 11) is 2.16. The zero-order chi connectivity index (χ0) is 25.0. The Balaban J connectivity index is 0.000000309. The first-order valence-corrected chi connectivity index (χ1v) is 11.4. The first-order valence-electron chi connectivity index (χ1n) is 11.4. The van der Waals surface area contributed by atoms with E-state index in [1.54, 1.807) is 0 Å². The number of carbonyl (C=O) groups is 3. The molecule has 10 heteroatoms. The van der Waals surface area contributed by atoms with E-state index < -0.39 is 24.5 Å². The number of carboxylic acid groups (broad SMARTS) is 2. The number of aliphatic hydroxyl groups is 1. The zero-order valence-electron chi connectivity index (χ0n) is 19.6. The summed E-state index contributed by atoms with van der Waals surface area (Å²) in [6, 6.07) is 6.90. The average molecular weight is 473 g/mol. The molecule has 2 aliphatic rings. The lowest BCUT2D eigenvalue weighted by atomic mass is 9.81. The third kappa shape index (κ3) is 5.40. The van der Waals surface area contributed by atoms with Crippen molar-refractivity contribution in [3.05, 3.63) is 41.6 Å². The van der Waals surface area contributed by atoms with Crippen LogP contribution in [0.25, 0.3) is 16.5 Å². The smallest absolute Gasteiger partial charge is 0.333 e. The normalized spacial score (nSPS) is 19.8. The number of rotatable bonds is 6. The van der Waals surface area contributed by atoms with Crippen LogP contribution in [0.4, 0.5) is 4.79 Å². The number of fused-ring (bicyclic) bond motifs is 2. The van der Waals surface area contributed by atoms with Crippen LogP contribution >= 0.6 is 0 Å². The fourth-order valence-corrected chi connectivity index (χ4v) is 4.56. The number of nitrogens with zero attached hydrogens (tertiary/aromatic N) is 2. The molecule has 10 nitrogen and oxygen atoms in total. The third-order valence-electron chi connectivity index (χ3n) is 6.28. The first kappa shape index (κ1) is 25.3. The van der Waals surface area contributed by atoms with E-state index in [1.165, 1.54) is 27.6 Å². The number of urea groups is 1. The van der Waals surface area contributed by atoms with Gasteiger partial charge in [0, 0.05) is 42.8 Å². The highest BCUT2D eigenvalue weighted by Crippen LogP contribution is 2.39. The molecule has 0 fully saturated rings. The quantitative estimate of drug-likeness (QED) is 0.430. The van der Waals surface area contributed by atoms with Crippen LogP contribution in [0.3, 0.4) is 0 Å². The molecule has 3 atom stereocenters. The number of carboxylic acids is 2. The molecule has 0 radical (unpaired) electrons. The molecule has 2 amide bonds. The van der Waals surface area contributed by atoms with Crippen LogP contribution in [0.2, 0.25) is 0 Å². The van der Waals surface area contributed by atoms with Crippen molar-refractivity contribution in [2.75, 3.05) is 26.7 Å². The van der Waals surface area contributed by atoms with E-state index in [0.29, 0.717) is 6.04 Å². The van der Waals surface area contributed by atoms with Gasteiger partial charge in [-0.05, 0) is 50.1 Å². The SMILES string of the molecule is CCN(CC)C(=O)N[C@H]1C=C2c3cccc4[nH]cc(c34)C[C@H]2N(C)C1.O=C(O)CC(O)C(=O)O. The lowest BCUT2D eigenvalue weighted by molar-refractivity contribution is -0.152. The predicted octanol–water partition coefficient (Wildman–Crippen LogP) is 1.75. The van der Waals surface area contributed by atoms with Gasteiger partial charge >= 0.3 is 18.0 Å². The van der Waals surface area contributed by atoms with Gasteiger partial charge in [0.1, 0.15) is 0 Å². The van der Waals surface area contributed by atoms with Crippen molar-refractivity contribution in [3.8, 4) is 0 Å². The number of carbonyl (C=O) groups excluding carboxylic acids is 1. The predicted molar refractivity (Wildman–Crippen MR) is 128 cm³/mol. The molecule has 0 saturated carbocycles. The molecule has 0 saturated heterocycles. The fraction of sp³-hybridized carbons (Fsp3) is 0.458. The second kappa shape index (κ2) is 10.7. The van der Waals surface area contributed by atoms with Crippen LogP contribution in [-0.2, 0) is 16.0 Å². The second-order valence-corrected chi connectivity index (χ2v) is 8.50. The van der Waals surface area contributed by atoms with E-state index in [1.807, 2.05) is 18.7 Å². The second-order valence-electron chi connectivity index (χ2n) is 8.50. The van der Waals surface area contributed by atoms with Crippen molar-refractivity contribution in [2.45, 2.75) is 44.9 Å². The Morgan fingerprint density at radius 1 is 1.24 bits per heavy atom. The number of benzene rings is 1. The summed E-state index contributed by atoms with van der Waals surface area (Å²) in [5.74, 6) is -2.85. The lowest BCUT2D eigenvalue weighted by Crippen LogP contribution is -2.52. The number of aliphatic hydroxyl groups excluding tert-OH is 1. The molecule has 1 aromatic carbocycles. The highest BCUT2D eigenvalue weighted by atomic mass is 16.4. The van der Waals surface area contributed by atoms with Gasteiger partial charge in [-0.15, -0.1) is 0 Å². The maximum absolute atomic E-state index is 12.4. The highest BCUT2D eigenvalue weighted by Gasteiger charge is 2.34. The van der Waals surface area contributed by atoms with E-state index in [2.05, 4.69) is 52.7 Å². The molecule has 5 N–H and O–H groups in total. The van der Waals surface area contributed by atoms with E-state index in [4.69, 9.17) is 15.3 Å². The molecule has 1 aromatic heterocycles. The summed E-state index contributed by atoms with van der Waals surface area (Å²) in [6.45, 7) is 6.34. The average Bonchev–Trinajstić information content (AvgIpc) is 3.20. The molecular formula is C24H32N4O6. The summed E-state index contributed by atoms with van der Waals surface area (Å²) in [6.07, 6.45) is 2.90. The number of H-pyrrole nitrogens is 1. The van der Waals surface area contributed by atoms with Crippen LogP contribution in [0, 0.1) is 0 Å². The van der Waals surface area contributed by atoms with Gasteiger partial charge in [0.2, 0.25) is 0 Å². The fourth-order valence-electron chi connectivity index (χ4n) is 4.56. The van der Waals surface area contributed by atoms with Gasteiger partial charge in [0.05, 0.1) is 12.5 Å². The minimum Gasteiger partial charge on any atom is -0.481 e. The zero-order valence-corrected chi connectivity index (χ0v) is 19.6. The van der Waals surface area contributed by atoms with Crippen molar-refractivity contribution in [1.82, 2.24) is 20.1 Å². The number of hydrogen-bond acceptors (Lipinski definition) is 5. The Morgan fingerprint density at radius 3 is 2.53 bits per heavy atom. The number of amides is 2. The minimum atomic E-state index is -1.79. The maximum atomic E-state index is 12.4. The number of aromatic nitrogens is 1. The number of aliphatic carboxylic acids is 2. The Morgan fingerprint density at radius 2 is 1.94 bits per heavy atom. The molecule has 1 aliphatic carbocycles. The van der Waals surface area contributed by atoms with Gasteiger partial charge in [0.25, 0.3) is 0 Å². The van der Waals surface area contributed by atoms with Crippen LogP contribution in [0.1, 0.15) is 31.4 Å². The first-order chi connectivity index (χ1) is 16.2. The summed E-state index contributed by atoms with van der Waals surface area (Å²) in [5.41, 5.74) is 5.24. The van der Waals surface area contributed by atoms with E-state index >= 15 is 0 Å². The topological polar surface area (TPSA) is 146 Å². The maximum Gasteiger partial charge on any atom is 0.333 e. The van der Waals surface area contributed by atoms with Crippen molar-refractivity contribution >= 4 is 34.4 Å². The Kier molecular flexibility index (Phi) is 7.95. The largest absolute Gasteiger partial charge is 0.481 e. The van der Waals surface area contributed by atoms with Gasteiger partial charge in [-0.2, -0.15) is 0 Å². The van der Waals surface area contributed by atoms with Crippen LogP contribution < -0.4 is 5.32 Å². The number of aromatic amines is 1. The monoisotopic (exact) mass is 472 g/mol. The van der Waals surface area contributed by atoms with E-state index in [0.717, 1.165) is 26.1 Å².